The van der Waals surface area contributed by atoms with E-state index < -0.39 is 0 Å². The summed E-state index contributed by atoms with van der Waals surface area (Å²) in [7, 11) is 2.29. The third-order valence-corrected chi connectivity index (χ3v) is 6.26. The molecule has 3 aliphatic rings. The lowest BCUT2D eigenvalue weighted by Crippen LogP contribution is -2.44. The van der Waals surface area contributed by atoms with Crippen molar-refractivity contribution in [2.45, 2.75) is 56.3 Å². The monoisotopic (exact) mass is 307 g/mol. The minimum atomic E-state index is 0.174. The van der Waals surface area contributed by atoms with Crippen molar-refractivity contribution in [1.29, 1.82) is 0 Å². The molecule has 116 valence electrons. The zero-order valence-electron chi connectivity index (χ0n) is 12.8. The Balaban J connectivity index is 1.30. The first-order chi connectivity index (χ1) is 10.2. The van der Waals surface area contributed by atoms with Gasteiger partial charge in [-0.3, -0.25) is 9.80 Å². The van der Waals surface area contributed by atoms with Gasteiger partial charge in [-0.05, 0) is 39.2 Å². The second-order valence-corrected chi connectivity index (χ2v) is 7.93. The van der Waals surface area contributed by atoms with Crippen molar-refractivity contribution in [3.63, 3.8) is 0 Å². The van der Waals surface area contributed by atoms with Gasteiger partial charge in [0.1, 0.15) is 5.01 Å². The molecule has 4 rings (SSSR count). The summed E-state index contributed by atoms with van der Waals surface area (Å²) in [5.74, 6) is 0. The van der Waals surface area contributed by atoms with Gasteiger partial charge in [-0.25, -0.2) is 4.98 Å². The average Bonchev–Trinajstić information content (AvgIpc) is 3.08. The van der Waals surface area contributed by atoms with Crippen LogP contribution in [0.2, 0.25) is 0 Å². The van der Waals surface area contributed by atoms with Gasteiger partial charge in [-0.1, -0.05) is 0 Å². The van der Waals surface area contributed by atoms with Crippen LogP contribution in [0.5, 0.6) is 0 Å². The summed E-state index contributed by atoms with van der Waals surface area (Å²) in [5, 5.41) is 3.31. The van der Waals surface area contributed by atoms with Crippen LogP contribution in [-0.4, -0.2) is 59.2 Å². The number of rotatable bonds is 4. The first kappa shape index (κ1) is 14.1. The Kier molecular flexibility index (Phi) is 3.78. The Morgan fingerprint density at radius 1 is 1.38 bits per heavy atom. The smallest absolute Gasteiger partial charge is 0.107 e. The molecule has 21 heavy (non-hydrogen) atoms. The molecular formula is C16H25N3OS. The lowest BCUT2D eigenvalue weighted by molar-refractivity contribution is -0.0452. The SMILES string of the molecule is CN(C1CC1)[C@@H]1COC2(CCN(Cc3nccs3)CC2)C1. The van der Waals surface area contributed by atoms with Crippen molar-refractivity contribution in [2.24, 2.45) is 0 Å². The highest BCUT2D eigenvalue weighted by molar-refractivity contribution is 7.09. The number of likely N-dealkylation sites (tertiary alicyclic amines) is 1. The van der Waals surface area contributed by atoms with Gasteiger partial charge in [0.2, 0.25) is 0 Å². The summed E-state index contributed by atoms with van der Waals surface area (Å²) in [5.41, 5.74) is 0.174. The third kappa shape index (κ3) is 3.02. The van der Waals surface area contributed by atoms with Gasteiger partial charge in [-0.15, -0.1) is 11.3 Å². The van der Waals surface area contributed by atoms with Crippen molar-refractivity contribution in [3.8, 4) is 0 Å². The van der Waals surface area contributed by atoms with Gasteiger partial charge < -0.3 is 4.74 Å². The second-order valence-electron chi connectivity index (χ2n) is 6.95. The van der Waals surface area contributed by atoms with Crippen LogP contribution in [-0.2, 0) is 11.3 Å². The van der Waals surface area contributed by atoms with Crippen LogP contribution < -0.4 is 0 Å². The van der Waals surface area contributed by atoms with Crippen LogP contribution in [0, 0.1) is 0 Å². The minimum Gasteiger partial charge on any atom is -0.373 e. The maximum absolute atomic E-state index is 6.30. The summed E-state index contributed by atoms with van der Waals surface area (Å²) in [6.45, 7) is 4.26. The molecule has 0 aromatic carbocycles. The van der Waals surface area contributed by atoms with Crippen molar-refractivity contribution >= 4 is 11.3 Å². The number of hydrogen-bond acceptors (Lipinski definition) is 5. The maximum atomic E-state index is 6.30. The number of thiazole rings is 1. The first-order valence-electron chi connectivity index (χ1n) is 8.21. The van der Waals surface area contributed by atoms with Crippen molar-refractivity contribution in [2.75, 3.05) is 26.7 Å². The van der Waals surface area contributed by atoms with E-state index in [-0.39, 0.29) is 5.60 Å². The predicted molar refractivity (Wildman–Crippen MR) is 84.5 cm³/mol. The molecule has 1 aromatic heterocycles. The van der Waals surface area contributed by atoms with E-state index in [9.17, 15) is 0 Å². The zero-order valence-corrected chi connectivity index (χ0v) is 13.6. The largest absolute Gasteiger partial charge is 0.373 e. The highest BCUT2D eigenvalue weighted by atomic mass is 32.1. The second kappa shape index (κ2) is 5.61. The number of ether oxygens (including phenoxy) is 1. The molecule has 1 aliphatic carbocycles. The Morgan fingerprint density at radius 2 is 2.19 bits per heavy atom. The maximum Gasteiger partial charge on any atom is 0.107 e. The fourth-order valence-electron chi connectivity index (χ4n) is 3.85. The number of nitrogens with zero attached hydrogens (tertiary/aromatic N) is 3. The summed E-state index contributed by atoms with van der Waals surface area (Å²) < 4.78 is 6.30. The molecule has 0 radical (unpaired) electrons. The molecule has 0 bridgehead atoms. The molecular weight excluding hydrogens is 282 g/mol. The molecule has 1 spiro atoms. The molecule has 3 fully saturated rings. The van der Waals surface area contributed by atoms with Gasteiger partial charge in [0.15, 0.2) is 0 Å². The summed E-state index contributed by atoms with van der Waals surface area (Å²) in [6.07, 6.45) is 8.30. The molecule has 5 heteroatoms. The van der Waals surface area contributed by atoms with E-state index in [4.69, 9.17) is 4.74 Å². The third-order valence-electron chi connectivity index (χ3n) is 5.50. The van der Waals surface area contributed by atoms with Gasteiger partial charge >= 0.3 is 0 Å². The molecule has 2 aliphatic heterocycles. The van der Waals surface area contributed by atoms with E-state index in [1.807, 2.05) is 6.20 Å². The highest BCUT2D eigenvalue weighted by Gasteiger charge is 2.45. The molecule has 4 nitrogen and oxygen atoms in total. The molecule has 1 atom stereocenters. The normalized spacial score (nSPS) is 29.5. The van der Waals surface area contributed by atoms with Crippen LogP contribution in [0.4, 0.5) is 0 Å². The number of piperidine rings is 1. The molecule has 0 N–H and O–H groups in total. The predicted octanol–water partition coefficient (Wildman–Crippen LogP) is 2.36. The number of aromatic nitrogens is 1. The van der Waals surface area contributed by atoms with E-state index in [1.165, 1.54) is 37.1 Å². The lowest BCUT2D eigenvalue weighted by Gasteiger charge is -2.38. The fraction of sp³-hybridized carbons (Fsp3) is 0.812. The van der Waals surface area contributed by atoms with E-state index >= 15 is 0 Å². The highest BCUT2D eigenvalue weighted by Crippen LogP contribution is 2.40. The average molecular weight is 307 g/mol. The topological polar surface area (TPSA) is 28.6 Å². The van der Waals surface area contributed by atoms with Crippen LogP contribution in [0.25, 0.3) is 0 Å². The van der Waals surface area contributed by atoms with E-state index in [0.29, 0.717) is 6.04 Å². The zero-order chi connectivity index (χ0) is 14.3. The van der Waals surface area contributed by atoms with Crippen LogP contribution in [0.3, 0.4) is 0 Å². The van der Waals surface area contributed by atoms with Crippen LogP contribution >= 0.6 is 11.3 Å². The minimum absolute atomic E-state index is 0.174. The van der Waals surface area contributed by atoms with Crippen molar-refractivity contribution in [1.82, 2.24) is 14.8 Å². The van der Waals surface area contributed by atoms with Crippen molar-refractivity contribution < 1.29 is 4.74 Å². The molecule has 1 aromatic rings. The number of likely N-dealkylation sites (N-methyl/N-ethyl adjacent to an activating group) is 1. The Morgan fingerprint density at radius 3 is 2.86 bits per heavy atom. The van der Waals surface area contributed by atoms with Gasteiger partial charge in [-0.2, -0.15) is 0 Å². The Bertz CT molecular complexity index is 466. The fourth-order valence-corrected chi connectivity index (χ4v) is 4.51. The quantitative estimate of drug-likeness (QED) is 0.854. The van der Waals surface area contributed by atoms with E-state index in [1.54, 1.807) is 11.3 Å². The number of hydrogen-bond donors (Lipinski definition) is 0. The molecule has 0 unspecified atom stereocenters. The van der Waals surface area contributed by atoms with Crippen molar-refractivity contribution in [3.05, 3.63) is 16.6 Å². The van der Waals surface area contributed by atoms with Gasteiger partial charge in [0, 0.05) is 36.8 Å². The van der Waals surface area contributed by atoms with Crippen LogP contribution in [0.15, 0.2) is 11.6 Å². The summed E-state index contributed by atoms with van der Waals surface area (Å²) in [6, 6.07) is 1.50. The molecule has 0 amide bonds. The standard InChI is InChI=1S/C16H25N3OS/c1-18(13-2-3-13)14-10-16(20-12-14)4-7-19(8-5-16)11-15-17-6-9-21-15/h6,9,13-14H,2-5,7-8,10-12H2,1H3/t14-/m0/s1. The van der Waals surface area contributed by atoms with E-state index in [2.05, 4.69) is 27.2 Å². The van der Waals surface area contributed by atoms with Crippen LogP contribution in [0.1, 0.15) is 37.1 Å². The Labute approximate surface area is 131 Å². The Hall–Kier alpha value is -0.490. The van der Waals surface area contributed by atoms with E-state index in [0.717, 1.165) is 32.3 Å². The molecule has 1 saturated carbocycles. The van der Waals surface area contributed by atoms with Gasteiger partial charge in [0.25, 0.3) is 0 Å². The van der Waals surface area contributed by atoms with Gasteiger partial charge in [0.05, 0.1) is 18.8 Å². The molecule has 3 heterocycles. The summed E-state index contributed by atoms with van der Waals surface area (Å²) in [4.78, 5) is 9.51. The summed E-state index contributed by atoms with van der Waals surface area (Å²) >= 11 is 1.76. The lowest BCUT2D eigenvalue weighted by atomic mass is 9.87. The first-order valence-corrected chi connectivity index (χ1v) is 9.09. The molecule has 2 saturated heterocycles.